The molecule has 5 nitrogen and oxygen atoms in total. The number of carbonyl (C=O) groups is 2. The molecule has 26 heavy (non-hydrogen) atoms. The highest BCUT2D eigenvalue weighted by atomic mass is 19.3. The summed E-state index contributed by atoms with van der Waals surface area (Å²) in [4.78, 5) is 23.8. The molecule has 1 fully saturated rings. The summed E-state index contributed by atoms with van der Waals surface area (Å²) < 4.78 is 35.1. The first-order chi connectivity index (χ1) is 12.5. The summed E-state index contributed by atoms with van der Waals surface area (Å²) in [5.41, 5.74) is 1.07. The van der Waals surface area contributed by atoms with E-state index >= 15 is 0 Å². The molecule has 1 aliphatic rings. The molecular weight excluding hydrogens is 344 g/mol. The van der Waals surface area contributed by atoms with Gasteiger partial charge in [-0.05, 0) is 41.5 Å². The predicted octanol–water partition coefficient (Wildman–Crippen LogP) is 4.03. The van der Waals surface area contributed by atoms with E-state index in [-0.39, 0.29) is 18.0 Å². The van der Waals surface area contributed by atoms with Crippen LogP contribution in [0.25, 0.3) is 21.7 Å². The minimum Gasteiger partial charge on any atom is -0.488 e. The molecule has 0 N–H and O–H groups in total. The topological polar surface area (TPSA) is 69.4 Å². The minimum absolute atomic E-state index is 0.0512. The fraction of sp³-hybridized carbons (Fsp3) is 0.316. The molecule has 0 radical (unpaired) electrons. The third kappa shape index (κ3) is 2.94. The van der Waals surface area contributed by atoms with Crippen molar-refractivity contribution in [2.24, 2.45) is 0 Å². The van der Waals surface area contributed by atoms with Gasteiger partial charge in [0.05, 0.1) is 17.7 Å². The molecule has 2 aromatic carbocycles. The maximum absolute atomic E-state index is 12.3. The number of ketones is 2. The number of aromatic nitrogens is 1. The van der Waals surface area contributed by atoms with Crippen molar-refractivity contribution < 1.29 is 27.6 Å². The van der Waals surface area contributed by atoms with Crippen LogP contribution in [0.15, 0.2) is 34.9 Å². The van der Waals surface area contributed by atoms with E-state index in [0.29, 0.717) is 29.9 Å². The van der Waals surface area contributed by atoms with E-state index < -0.39 is 19.0 Å². The Labute approximate surface area is 146 Å². The van der Waals surface area contributed by atoms with E-state index in [2.05, 4.69) is 5.16 Å². The number of fused-ring (bicyclic) bond motifs is 3. The van der Waals surface area contributed by atoms with E-state index in [4.69, 9.17) is 9.26 Å². The number of Topliss-reactive ketones (excluding diaryl/α,β-unsaturated/α-hetero) is 2. The Morgan fingerprint density at radius 1 is 1.23 bits per heavy atom. The van der Waals surface area contributed by atoms with Crippen LogP contribution in [0.2, 0.25) is 0 Å². The molecule has 4 rings (SSSR count). The van der Waals surface area contributed by atoms with Gasteiger partial charge in [0.25, 0.3) is 6.43 Å². The molecule has 1 saturated carbocycles. The van der Waals surface area contributed by atoms with Crippen LogP contribution < -0.4 is 4.74 Å². The molecule has 7 heteroatoms. The Balaban J connectivity index is 1.78. The number of ether oxygens (including phenoxy) is 1. The molecular formula is C19H15F2NO4. The molecule has 1 aromatic heterocycles. The van der Waals surface area contributed by atoms with Crippen molar-refractivity contribution in [1.29, 1.82) is 0 Å². The van der Waals surface area contributed by atoms with Crippen molar-refractivity contribution in [2.45, 2.75) is 31.6 Å². The van der Waals surface area contributed by atoms with Gasteiger partial charge in [-0.1, -0.05) is 11.2 Å². The van der Waals surface area contributed by atoms with Gasteiger partial charge in [-0.2, -0.15) is 0 Å². The first-order valence-corrected chi connectivity index (χ1v) is 8.30. The van der Waals surface area contributed by atoms with Crippen LogP contribution >= 0.6 is 0 Å². The number of halogens is 2. The summed E-state index contributed by atoms with van der Waals surface area (Å²) in [6, 6.07) is 8.53. The average molecular weight is 359 g/mol. The number of nitrogens with zero attached hydrogens (tertiary/aromatic N) is 1. The van der Waals surface area contributed by atoms with Crippen LogP contribution in [0.4, 0.5) is 8.78 Å². The second kappa shape index (κ2) is 6.48. The van der Waals surface area contributed by atoms with E-state index in [1.807, 2.05) is 0 Å². The standard InChI is InChI=1S/C19H15F2NO4/c20-17(21)9-25-12-3-5-13-10(7-12)1-6-16-18(13)19(22-26-16)14-4-2-11(23)8-15(14)24/h1,3,5-7,14,17H,2,4,8-9H2/t14-/m0/s1. The fourth-order valence-corrected chi connectivity index (χ4v) is 3.42. The van der Waals surface area contributed by atoms with Gasteiger partial charge in [-0.3, -0.25) is 9.59 Å². The van der Waals surface area contributed by atoms with Gasteiger partial charge >= 0.3 is 0 Å². The summed E-state index contributed by atoms with van der Waals surface area (Å²) in [7, 11) is 0. The zero-order valence-corrected chi connectivity index (χ0v) is 13.7. The van der Waals surface area contributed by atoms with Crippen molar-refractivity contribution >= 4 is 33.3 Å². The van der Waals surface area contributed by atoms with Crippen LogP contribution in [0.5, 0.6) is 5.75 Å². The smallest absolute Gasteiger partial charge is 0.272 e. The number of alkyl halides is 2. The zero-order valence-electron chi connectivity index (χ0n) is 13.7. The highest BCUT2D eigenvalue weighted by molar-refractivity contribution is 6.11. The molecule has 3 aromatic rings. The first kappa shape index (κ1) is 16.6. The highest BCUT2D eigenvalue weighted by Gasteiger charge is 2.32. The molecule has 1 aliphatic carbocycles. The van der Waals surface area contributed by atoms with Crippen molar-refractivity contribution in [1.82, 2.24) is 5.16 Å². The monoisotopic (exact) mass is 359 g/mol. The fourth-order valence-electron chi connectivity index (χ4n) is 3.42. The molecule has 0 spiro atoms. The van der Waals surface area contributed by atoms with Gasteiger partial charge in [0, 0.05) is 6.42 Å². The molecule has 1 atom stereocenters. The van der Waals surface area contributed by atoms with E-state index in [9.17, 15) is 18.4 Å². The number of benzene rings is 2. The lowest BCUT2D eigenvalue weighted by molar-refractivity contribution is -0.130. The molecule has 0 aliphatic heterocycles. The van der Waals surface area contributed by atoms with Crippen LogP contribution in [0.1, 0.15) is 30.9 Å². The first-order valence-electron chi connectivity index (χ1n) is 8.30. The Hall–Kier alpha value is -2.83. The lowest BCUT2D eigenvalue weighted by Gasteiger charge is -2.18. The molecule has 1 heterocycles. The summed E-state index contributed by atoms with van der Waals surface area (Å²) >= 11 is 0. The Bertz CT molecular complexity index is 1010. The lowest BCUT2D eigenvalue weighted by Crippen LogP contribution is -2.23. The van der Waals surface area contributed by atoms with Gasteiger partial charge in [-0.25, -0.2) is 8.78 Å². The minimum atomic E-state index is -2.54. The van der Waals surface area contributed by atoms with Gasteiger partial charge in [0.2, 0.25) is 0 Å². The maximum Gasteiger partial charge on any atom is 0.272 e. The Kier molecular flexibility index (Phi) is 4.14. The van der Waals surface area contributed by atoms with Crippen LogP contribution in [-0.2, 0) is 9.59 Å². The second-order valence-corrected chi connectivity index (χ2v) is 6.36. The third-order valence-electron chi connectivity index (χ3n) is 4.63. The van der Waals surface area contributed by atoms with E-state index in [1.54, 1.807) is 30.3 Å². The number of carbonyl (C=O) groups excluding carboxylic acids is 2. The van der Waals surface area contributed by atoms with Gasteiger partial charge in [0.15, 0.2) is 5.58 Å². The van der Waals surface area contributed by atoms with Crippen LogP contribution in [-0.4, -0.2) is 29.8 Å². The van der Waals surface area contributed by atoms with Crippen molar-refractivity contribution in [3.05, 3.63) is 36.0 Å². The van der Waals surface area contributed by atoms with Crippen LogP contribution in [0, 0.1) is 0 Å². The number of hydrogen-bond donors (Lipinski definition) is 0. The lowest BCUT2D eigenvalue weighted by atomic mass is 9.83. The zero-order chi connectivity index (χ0) is 18.3. The largest absolute Gasteiger partial charge is 0.488 e. The van der Waals surface area contributed by atoms with Crippen molar-refractivity contribution in [3.8, 4) is 5.75 Å². The third-order valence-corrected chi connectivity index (χ3v) is 4.63. The predicted molar refractivity (Wildman–Crippen MR) is 89.6 cm³/mol. The Morgan fingerprint density at radius 2 is 2.08 bits per heavy atom. The van der Waals surface area contributed by atoms with Gasteiger partial charge in [-0.15, -0.1) is 0 Å². The highest BCUT2D eigenvalue weighted by Crippen LogP contribution is 2.37. The summed E-state index contributed by atoms with van der Waals surface area (Å²) in [6.07, 6.45) is -1.85. The van der Waals surface area contributed by atoms with Crippen molar-refractivity contribution in [2.75, 3.05) is 6.61 Å². The van der Waals surface area contributed by atoms with Gasteiger partial charge < -0.3 is 9.26 Å². The second-order valence-electron chi connectivity index (χ2n) is 6.36. The van der Waals surface area contributed by atoms with E-state index in [1.165, 1.54) is 0 Å². The average Bonchev–Trinajstić information content (AvgIpc) is 3.04. The Morgan fingerprint density at radius 3 is 2.85 bits per heavy atom. The quantitative estimate of drug-likeness (QED) is 0.658. The molecule has 0 unspecified atom stereocenters. The normalized spacial score (nSPS) is 18.2. The summed E-state index contributed by atoms with van der Waals surface area (Å²) in [5, 5.41) is 6.38. The summed E-state index contributed by atoms with van der Waals surface area (Å²) in [5.74, 6) is -0.320. The molecule has 0 bridgehead atoms. The molecule has 0 saturated heterocycles. The van der Waals surface area contributed by atoms with Crippen molar-refractivity contribution in [3.63, 3.8) is 0 Å². The van der Waals surface area contributed by atoms with Gasteiger partial charge in [0.1, 0.15) is 29.6 Å². The number of rotatable bonds is 4. The molecule has 134 valence electrons. The SMILES string of the molecule is O=C1CC[C@H](c2noc3ccc4cc(OCC(F)F)ccc4c23)C(=O)C1. The summed E-state index contributed by atoms with van der Waals surface area (Å²) in [6.45, 7) is -0.670. The number of hydrogen-bond acceptors (Lipinski definition) is 5. The maximum atomic E-state index is 12.3. The molecule has 0 amide bonds. The van der Waals surface area contributed by atoms with Crippen LogP contribution in [0.3, 0.4) is 0 Å². The van der Waals surface area contributed by atoms with E-state index in [0.717, 1.165) is 16.2 Å².